The zero-order chi connectivity index (χ0) is 45.4. The molecule has 3 aromatic carbocycles. The molecular formula is C45H53ClN8O8S2. The monoisotopic (exact) mass is 932 g/mol. The van der Waals surface area contributed by atoms with Gasteiger partial charge < -0.3 is 24.7 Å². The Kier molecular flexibility index (Phi) is 12.8. The van der Waals surface area contributed by atoms with Gasteiger partial charge in [0.05, 0.1) is 27.6 Å². The number of benzene rings is 3. The van der Waals surface area contributed by atoms with Gasteiger partial charge in [-0.1, -0.05) is 53.3 Å². The molecule has 19 heteroatoms. The number of allylic oxidation sites excluding steroid dienone is 1. The van der Waals surface area contributed by atoms with Gasteiger partial charge in [-0.2, -0.15) is 0 Å². The molecule has 1 atom stereocenters. The van der Waals surface area contributed by atoms with Crippen LogP contribution in [0.5, 0.6) is 17.2 Å². The van der Waals surface area contributed by atoms with Gasteiger partial charge in [0, 0.05) is 92.3 Å². The lowest BCUT2D eigenvalue weighted by atomic mass is 9.72. The highest BCUT2D eigenvalue weighted by Gasteiger charge is 2.33. The maximum Gasteiger partial charge on any atom is 0.297 e. The number of pyridine rings is 1. The number of anilines is 2. The predicted molar refractivity (Wildman–Crippen MR) is 252 cm³/mol. The second-order valence-electron chi connectivity index (χ2n) is 17.8. The molecule has 1 amide bonds. The van der Waals surface area contributed by atoms with Gasteiger partial charge in [-0.15, -0.1) is 0 Å². The topological polar surface area (TPSA) is 201 Å². The van der Waals surface area contributed by atoms with E-state index in [-0.39, 0.29) is 40.8 Å². The van der Waals surface area contributed by atoms with E-state index < -0.39 is 41.6 Å². The number of piperazine rings is 1. The number of hydrogen-bond donors (Lipinski definition) is 5. The normalized spacial score (nSPS) is 18.2. The van der Waals surface area contributed by atoms with E-state index >= 15 is 0 Å². The van der Waals surface area contributed by atoms with Crippen LogP contribution in [0.25, 0.3) is 16.6 Å². The van der Waals surface area contributed by atoms with Gasteiger partial charge in [-0.3, -0.25) is 28.7 Å². The summed E-state index contributed by atoms with van der Waals surface area (Å²) in [7, 11) is -7.17. The lowest BCUT2D eigenvalue weighted by Crippen LogP contribution is -2.47. The van der Waals surface area contributed by atoms with Gasteiger partial charge in [0.15, 0.2) is 11.4 Å². The Morgan fingerprint density at radius 1 is 1.08 bits per heavy atom. The standard InChI is InChI=1S/C45H53ClN8O8S2/c1-45(2)14-11-31(38(25-45)29-5-7-32(46)8-6-29)27-52-17-19-53(20-18-52)34-9-10-37(40(22-34)62-35-21-30-12-15-47-43(30)48-26-35)44(55)51-64(59,60)36-23-39(54(56)57)42-41(24-36)61-28-33(50-42)13-16-49-63(3,4)58/h5-10,12,15,21-24,26,33,50,63H,11,13-14,16-20,25,27-28H2,1-4H3,(H,47,48)(H,49,58)(H,51,55)/t33-/m1/s1. The second-order valence-corrected chi connectivity index (χ2v) is 22.9. The van der Waals surface area contributed by atoms with Crippen molar-refractivity contribution in [2.24, 2.45) is 5.41 Å². The van der Waals surface area contributed by atoms with Gasteiger partial charge in [-0.25, -0.2) is 18.1 Å². The van der Waals surface area contributed by atoms with Crippen LogP contribution in [0.3, 0.4) is 0 Å². The van der Waals surface area contributed by atoms with Crippen molar-refractivity contribution >= 4 is 71.3 Å². The molecule has 8 rings (SSSR count). The van der Waals surface area contributed by atoms with E-state index in [0.29, 0.717) is 37.5 Å². The molecule has 3 aliphatic rings. The third kappa shape index (κ3) is 10.5. The molecule has 2 aromatic heterocycles. The lowest BCUT2D eigenvalue weighted by molar-refractivity contribution is -0.384. The minimum absolute atomic E-state index is 0.0145. The van der Waals surface area contributed by atoms with Crippen molar-refractivity contribution in [3.05, 3.63) is 111 Å². The predicted octanol–water partition coefficient (Wildman–Crippen LogP) is 7.17. The van der Waals surface area contributed by atoms with Crippen LogP contribution >= 0.6 is 11.6 Å². The Hall–Kier alpha value is -5.53. The first kappa shape index (κ1) is 45.1. The smallest absolute Gasteiger partial charge is 0.297 e. The third-order valence-corrected chi connectivity index (χ3v) is 14.5. The molecule has 5 aromatic rings. The maximum atomic E-state index is 14.0. The summed E-state index contributed by atoms with van der Waals surface area (Å²) in [6.45, 7) is 8.99. The molecule has 1 aliphatic carbocycles. The van der Waals surface area contributed by atoms with Gasteiger partial charge >= 0.3 is 0 Å². The average molecular weight is 934 g/mol. The van der Waals surface area contributed by atoms with Crippen LogP contribution in [-0.4, -0.2) is 103 Å². The van der Waals surface area contributed by atoms with E-state index in [1.54, 1.807) is 36.9 Å². The van der Waals surface area contributed by atoms with Gasteiger partial charge in [-0.05, 0) is 78.6 Å². The van der Waals surface area contributed by atoms with E-state index in [4.69, 9.17) is 21.1 Å². The summed E-state index contributed by atoms with van der Waals surface area (Å²) in [5, 5.41) is 16.8. The summed E-state index contributed by atoms with van der Waals surface area (Å²) in [6, 6.07) is 18.4. The summed E-state index contributed by atoms with van der Waals surface area (Å²) in [4.78, 5) is 37.2. The highest BCUT2D eigenvalue weighted by atomic mass is 35.5. The van der Waals surface area contributed by atoms with Gasteiger partial charge in [0.1, 0.15) is 23.8 Å². The van der Waals surface area contributed by atoms with Crippen molar-refractivity contribution in [3.8, 4) is 17.2 Å². The molecule has 64 heavy (non-hydrogen) atoms. The molecular weight excluding hydrogens is 880 g/mol. The number of halogens is 1. The first-order chi connectivity index (χ1) is 30.4. The number of aromatic nitrogens is 2. The van der Waals surface area contributed by atoms with E-state index in [0.717, 1.165) is 67.1 Å². The molecule has 0 bridgehead atoms. The number of hydrogen-bond acceptors (Lipinski definition) is 12. The number of sulfonamides is 1. The van der Waals surface area contributed by atoms with Crippen molar-refractivity contribution in [1.29, 1.82) is 0 Å². The highest BCUT2D eigenvalue weighted by molar-refractivity contribution is 7.99. The number of amides is 1. The number of rotatable bonds is 14. The van der Waals surface area contributed by atoms with Crippen LogP contribution < -0.4 is 29.1 Å². The summed E-state index contributed by atoms with van der Waals surface area (Å²) in [5.41, 5.74) is 5.12. The van der Waals surface area contributed by atoms with Crippen molar-refractivity contribution in [1.82, 2.24) is 24.3 Å². The number of ether oxygens (including phenoxy) is 2. The number of carbonyl (C=O) groups excluding carboxylic acids is 1. The summed E-state index contributed by atoms with van der Waals surface area (Å²) in [6.07, 6.45) is 10.1. The molecule has 0 spiro atoms. The number of nitro groups is 1. The third-order valence-electron chi connectivity index (χ3n) is 11.9. The first-order valence-corrected chi connectivity index (χ1v) is 25.6. The Balaban J connectivity index is 1.01. The fourth-order valence-electron chi connectivity index (χ4n) is 8.45. The number of aromatic amines is 1. The molecule has 2 aliphatic heterocycles. The fraction of sp³-hybridized carbons (Fsp3) is 0.378. The molecule has 0 saturated carbocycles. The summed E-state index contributed by atoms with van der Waals surface area (Å²) >= 11 is 6.24. The molecule has 16 nitrogen and oxygen atoms in total. The molecule has 0 radical (unpaired) electrons. The van der Waals surface area contributed by atoms with Crippen LogP contribution in [0, 0.1) is 15.5 Å². The van der Waals surface area contributed by atoms with Crippen molar-refractivity contribution < 1.29 is 31.8 Å². The van der Waals surface area contributed by atoms with Crippen molar-refractivity contribution in [3.63, 3.8) is 0 Å². The minimum Gasteiger partial charge on any atom is -0.489 e. The molecule has 340 valence electrons. The molecule has 0 unspecified atom stereocenters. The Morgan fingerprint density at radius 2 is 1.84 bits per heavy atom. The Morgan fingerprint density at radius 3 is 2.58 bits per heavy atom. The Bertz CT molecular complexity index is 2780. The van der Waals surface area contributed by atoms with Crippen LogP contribution in [0.2, 0.25) is 5.02 Å². The van der Waals surface area contributed by atoms with Crippen LogP contribution in [0.15, 0.2) is 89.6 Å². The maximum absolute atomic E-state index is 14.0. The second kappa shape index (κ2) is 18.2. The lowest BCUT2D eigenvalue weighted by Gasteiger charge is -2.39. The van der Waals surface area contributed by atoms with Crippen molar-refractivity contribution in [2.75, 3.05) is 68.6 Å². The molecule has 4 N–H and O–H groups in total. The van der Waals surface area contributed by atoms with Crippen LogP contribution in [0.4, 0.5) is 17.1 Å². The molecule has 4 heterocycles. The number of fused-ring (bicyclic) bond motifs is 2. The molecule has 1 fully saturated rings. The van der Waals surface area contributed by atoms with E-state index in [1.807, 2.05) is 18.2 Å². The largest absolute Gasteiger partial charge is 0.489 e. The zero-order valence-corrected chi connectivity index (χ0v) is 38.6. The zero-order valence-electron chi connectivity index (χ0n) is 36.1. The van der Waals surface area contributed by atoms with Gasteiger partial charge in [0.25, 0.3) is 21.6 Å². The highest BCUT2D eigenvalue weighted by Crippen LogP contribution is 2.44. The number of carbonyl (C=O) groups is 1. The fourth-order valence-corrected chi connectivity index (χ4v) is 10.2. The van der Waals surface area contributed by atoms with Gasteiger partial charge in [0.2, 0.25) is 0 Å². The van der Waals surface area contributed by atoms with Crippen LogP contribution in [0.1, 0.15) is 55.5 Å². The van der Waals surface area contributed by atoms with Crippen molar-refractivity contribution in [2.45, 2.75) is 50.5 Å². The van der Waals surface area contributed by atoms with E-state index in [9.17, 15) is 27.5 Å². The number of nitro benzene ring substituents is 1. The van der Waals surface area contributed by atoms with E-state index in [1.165, 1.54) is 29.0 Å². The SMILES string of the molecule is CC1(C)CCC(CN2CCN(c3ccc(C(=O)NS(=O)(=O)c4cc5c(c([N+](=O)[O-])c4)N[C@H](CCN[SH](C)(C)=O)CO5)c(Oc4cnc5[nH]ccc5c4)c3)CC2)=C(c2ccc(Cl)cc2)C1. The Labute approximate surface area is 378 Å². The average Bonchev–Trinajstić information content (AvgIpc) is 3.72. The number of thiol groups is 1. The summed E-state index contributed by atoms with van der Waals surface area (Å²) < 4.78 is 57.0. The molecule has 1 saturated heterocycles. The number of nitrogens with one attached hydrogen (secondary N) is 4. The number of nitrogens with zero attached hydrogens (tertiary/aromatic N) is 4. The minimum atomic E-state index is -4.68. The van der Waals surface area contributed by atoms with Crippen LogP contribution in [-0.2, 0) is 20.1 Å². The quantitative estimate of drug-likeness (QED) is 0.0428. The first-order valence-electron chi connectivity index (χ1n) is 21.2. The number of H-pyrrole nitrogens is 1. The van der Waals surface area contributed by atoms with E-state index in [2.05, 4.69) is 60.5 Å². The summed E-state index contributed by atoms with van der Waals surface area (Å²) in [5.74, 6) is -0.628.